The van der Waals surface area contributed by atoms with Gasteiger partial charge in [-0.25, -0.2) is 4.79 Å². The number of benzene rings is 1. The molecule has 0 aromatic heterocycles. The van der Waals surface area contributed by atoms with E-state index in [1.807, 2.05) is 32.0 Å². The Labute approximate surface area is 138 Å². The molecule has 1 aliphatic carbocycles. The normalized spacial score (nSPS) is 20.6. The maximum atomic E-state index is 12.4. The molecule has 0 aliphatic heterocycles. The highest BCUT2D eigenvalue weighted by molar-refractivity contribution is 6.05. The molecule has 23 heavy (non-hydrogen) atoms. The first-order chi connectivity index (χ1) is 10.9. The van der Waals surface area contributed by atoms with E-state index in [1.54, 1.807) is 24.3 Å². The molecule has 1 aliphatic rings. The van der Waals surface area contributed by atoms with Crippen LogP contribution in [0.3, 0.4) is 0 Å². The predicted octanol–water partition coefficient (Wildman–Crippen LogP) is 4.49. The third-order valence-electron chi connectivity index (χ3n) is 4.41. The maximum Gasteiger partial charge on any atom is 0.338 e. The maximum absolute atomic E-state index is 12.4. The molecule has 3 heteroatoms. The fraction of sp³-hybridized carbons (Fsp3) is 0.400. The number of rotatable bonds is 4. The van der Waals surface area contributed by atoms with Gasteiger partial charge in [-0.2, -0.15) is 0 Å². The van der Waals surface area contributed by atoms with Crippen molar-refractivity contribution in [2.75, 3.05) is 0 Å². The molecule has 0 N–H and O–H groups in total. The van der Waals surface area contributed by atoms with E-state index >= 15 is 0 Å². The largest absolute Gasteiger partial charge is 0.454 e. The summed E-state index contributed by atoms with van der Waals surface area (Å²) in [6, 6.07) is 8.95. The first-order valence-electron chi connectivity index (χ1n) is 8.01. The van der Waals surface area contributed by atoms with Gasteiger partial charge in [0.15, 0.2) is 5.78 Å². The molecule has 0 spiro atoms. The van der Waals surface area contributed by atoms with Gasteiger partial charge in [0.25, 0.3) is 0 Å². The van der Waals surface area contributed by atoms with Crippen LogP contribution >= 0.6 is 0 Å². The van der Waals surface area contributed by atoms with Crippen LogP contribution < -0.4 is 0 Å². The average Bonchev–Trinajstić information content (AvgIpc) is 2.51. The number of allylic oxidation sites excluding steroid dienone is 3. The number of carbonyl (C=O) groups is 2. The van der Waals surface area contributed by atoms with Crippen LogP contribution in [0.4, 0.5) is 0 Å². The molecule has 1 unspecified atom stereocenters. The fourth-order valence-electron chi connectivity index (χ4n) is 3.21. The minimum Gasteiger partial charge on any atom is -0.454 e. The van der Waals surface area contributed by atoms with Crippen molar-refractivity contribution in [2.24, 2.45) is 5.41 Å². The van der Waals surface area contributed by atoms with E-state index in [-0.39, 0.29) is 23.3 Å². The average molecular weight is 312 g/mol. The van der Waals surface area contributed by atoms with Crippen molar-refractivity contribution in [2.45, 2.75) is 46.6 Å². The molecule has 122 valence electrons. The zero-order valence-electron chi connectivity index (χ0n) is 14.3. The van der Waals surface area contributed by atoms with E-state index in [0.29, 0.717) is 5.56 Å². The third kappa shape index (κ3) is 3.79. The molecule has 1 aromatic rings. The van der Waals surface area contributed by atoms with E-state index < -0.39 is 0 Å². The van der Waals surface area contributed by atoms with Crippen molar-refractivity contribution in [3.05, 3.63) is 59.2 Å². The number of carbonyl (C=O) groups excluding carboxylic acids is 2. The van der Waals surface area contributed by atoms with E-state index in [9.17, 15) is 9.59 Å². The lowest BCUT2D eigenvalue weighted by Crippen LogP contribution is -2.34. The third-order valence-corrected chi connectivity index (χ3v) is 4.41. The monoisotopic (exact) mass is 312 g/mol. The summed E-state index contributed by atoms with van der Waals surface area (Å²) in [6.07, 6.45) is 4.56. The van der Waals surface area contributed by atoms with Crippen LogP contribution in [0, 0.1) is 5.41 Å². The Morgan fingerprint density at radius 3 is 2.48 bits per heavy atom. The van der Waals surface area contributed by atoms with E-state index in [0.717, 1.165) is 24.0 Å². The number of hydrogen-bond donors (Lipinski definition) is 0. The van der Waals surface area contributed by atoms with Gasteiger partial charge in [0.05, 0.1) is 5.56 Å². The molecular weight excluding hydrogens is 288 g/mol. The van der Waals surface area contributed by atoms with Crippen LogP contribution in [-0.4, -0.2) is 17.9 Å². The second-order valence-corrected chi connectivity index (χ2v) is 6.60. The molecule has 0 fully saturated rings. The van der Waals surface area contributed by atoms with Crippen LogP contribution in [0.5, 0.6) is 0 Å². The first-order valence-corrected chi connectivity index (χ1v) is 8.01. The van der Waals surface area contributed by atoms with Gasteiger partial charge in [-0.3, -0.25) is 4.79 Å². The predicted molar refractivity (Wildman–Crippen MR) is 91.2 cm³/mol. The Morgan fingerprint density at radius 1 is 1.22 bits per heavy atom. The standard InChI is InChI=1S/C20H24O3/c1-5-9-16(21)18-14(2)17(12-13-20(18,3)4)23-19(22)15-10-7-6-8-11-15/h5-11,17H,12-13H2,1-4H3/b9-5+. The lowest BCUT2D eigenvalue weighted by Gasteiger charge is -2.37. The number of ether oxygens (including phenoxy) is 1. The summed E-state index contributed by atoms with van der Waals surface area (Å²) in [5, 5.41) is 0. The SMILES string of the molecule is C/C=C/C(=O)C1=C(C)C(OC(=O)c2ccccc2)CCC1(C)C. The second-order valence-electron chi connectivity index (χ2n) is 6.60. The molecule has 0 saturated heterocycles. The summed E-state index contributed by atoms with van der Waals surface area (Å²) < 4.78 is 5.67. The van der Waals surface area contributed by atoms with Crippen LogP contribution in [0.1, 0.15) is 50.9 Å². The first kappa shape index (κ1) is 17.2. The van der Waals surface area contributed by atoms with Gasteiger partial charge in [0.1, 0.15) is 6.10 Å². The van der Waals surface area contributed by atoms with Gasteiger partial charge in [0.2, 0.25) is 0 Å². The molecule has 0 radical (unpaired) electrons. The smallest absolute Gasteiger partial charge is 0.338 e. The molecule has 0 saturated carbocycles. The highest BCUT2D eigenvalue weighted by atomic mass is 16.5. The van der Waals surface area contributed by atoms with Gasteiger partial charge in [-0.05, 0) is 55.9 Å². The Kier molecular flexibility index (Phi) is 5.19. The topological polar surface area (TPSA) is 43.4 Å². The molecule has 0 heterocycles. The molecule has 1 atom stereocenters. The van der Waals surface area contributed by atoms with Crippen molar-refractivity contribution in [1.82, 2.24) is 0 Å². The number of esters is 1. The number of hydrogen-bond acceptors (Lipinski definition) is 3. The fourth-order valence-corrected chi connectivity index (χ4v) is 3.21. The van der Waals surface area contributed by atoms with Crippen molar-refractivity contribution in [3.8, 4) is 0 Å². The zero-order chi connectivity index (χ0) is 17.0. The van der Waals surface area contributed by atoms with Crippen LogP contribution in [0.2, 0.25) is 0 Å². The summed E-state index contributed by atoms with van der Waals surface area (Å²) in [5.41, 5.74) is 1.98. The lowest BCUT2D eigenvalue weighted by molar-refractivity contribution is -0.112. The molecule has 2 rings (SSSR count). The Bertz CT molecular complexity index is 651. The van der Waals surface area contributed by atoms with Gasteiger partial charge in [-0.15, -0.1) is 0 Å². The molecule has 1 aromatic carbocycles. The summed E-state index contributed by atoms with van der Waals surface area (Å²) in [4.78, 5) is 24.7. The van der Waals surface area contributed by atoms with Crippen molar-refractivity contribution >= 4 is 11.8 Å². The van der Waals surface area contributed by atoms with E-state index in [2.05, 4.69) is 13.8 Å². The summed E-state index contributed by atoms with van der Waals surface area (Å²) in [5.74, 6) is -0.331. The van der Waals surface area contributed by atoms with Gasteiger partial charge >= 0.3 is 5.97 Å². The quantitative estimate of drug-likeness (QED) is 0.607. The Balaban J connectivity index is 2.28. The van der Waals surface area contributed by atoms with Crippen LogP contribution in [0.25, 0.3) is 0 Å². The second kappa shape index (κ2) is 6.95. The summed E-state index contributed by atoms with van der Waals surface area (Å²) in [6.45, 7) is 7.88. The van der Waals surface area contributed by atoms with Crippen LogP contribution in [-0.2, 0) is 9.53 Å². The van der Waals surface area contributed by atoms with Crippen molar-refractivity contribution < 1.29 is 14.3 Å². The van der Waals surface area contributed by atoms with Gasteiger partial charge in [-0.1, -0.05) is 38.1 Å². The molecule has 3 nitrogen and oxygen atoms in total. The van der Waals surface area contributed by atoms with Crippen molar-refractivity contribution in [1.29, 1.82) is 0 Å². The minimum absolute atomic E-state index is 0.00969. The molecular formula is C20H24O3. The van der Waals surface area contributed by atoms with Crippen LogP contribution in [0.15, 0.2) is 53.6 Å². The highest BCUT2D eigenvalue weighted by Crippen LogP contribution is 2.42. The molecule has 0 bridgehead atoms. The lowest BCUT2D eigenvalue weighted by atomic mass is 9.70. The zero-order valence-corrected chi connectivity index (χ0v) is 14.3. The van der Waals surface area contributed by atoms with Gasteiger partial charge < -0.3 is 4.74 Å². The molecule has 0 amide bonds. The van der Waals surface area contributed by atoms with Gasteiger partial charge in [0, 0.05) is 5.57 Å². The Morgan fingerprint density at radius 2 is 1.87 bits per heavy atom. The summed E-state index contributed by atoms with van der Waals surface area (Å²) in [7, 11) is 0. The summed E-state index contributed by atoms with van der Waals surface area (Å²) >= 11 is 0. The minimum atomic E-state index is -0.340. The van der Waals surface area contributed by atoms with E-state index in [1.165, 1.54) is 0 Å². The number of ketones is 1. The van der Waals surface area contributed by atoms with Crippen molar-refractivity contribution in [3.63, 3.8) is 0 Å². The van der Waals surface area contributed by atoms with E-state index in [4.69, 9.17) is 4.74 Å². The Hall–Kier alpha value is -2.16. The highest BCUT2D eigenvalue weighted by Gasteiger charge is 2.37.